The number of rotatable bonds is 4. The molecular formula is C21H19N3O3. The van der Waals surface area contributed by atoms with Crippen LogP contribution >= 0.6 is 0 Å². The number of carbonyl (C=O) groups is 2. The second-order valence-corrected chi connectivity index (χ2v) is 6.47. The molecule has 0 aliphatic carbocycles. The first-order valence-corrected chi connectivity index (χ1v) is 8.86. The number of nitrogens with one attached hydrogen (secondary N) is 1. The fourth-order valence-corrected chi connectivity index (χ4v) is 3.05. The fraction of sp³-hybridized carbons (Fsp3) is 0.190. The molecule has 0 radical (unpaired) electrons. The number of fused-ring (bicyclic) bond motifs is 1. The van der Waals surface area contributed by atoms with Crippen molar-refractivity contribution in [3.05, 3.63) is 66.4 Å². The van der Waals surface area contributed by atoms with Crippen LogP contribution < -0.4 is 10.3 Å². The topological polar surface area (TPSA) is 74.9 Å². The van der Waals surface area contributed by atoms with Crippen molar-refractivity contribution in [3.63, 3.8) is 0 Å². The molecule has 0 saturated heterocycles. The summed E-state index contributed by atoms with van der Waals surface area (Å²) in [6, 6.07) is 18.4. The predicted molar refractivity (Wildman–Crippen MR) is 103 cm³/mol. The molecule has 2 amide bonds. The van der Waals surface area contributed by atoms with E-state index in [2.05, 4.69) is 10.4 Å². The quantitative estimate of drug-likeness (QED) is 0.768. The van der Waals surface area contributed by atoms with Crippen LogP contribution in [0.2, 0.25) is 0 Å². The second-order valence-electron chi connectivity index (χ2n) is 6.47. The summed E-state index contributed by atoms with van der Waals surface area (Å²) >= 11 is 0. The number of para-hydroxylation sites is 2. The number of anilines is 1. The molecule has 6 nitrogen and oxygen atoms in total. The van der Waals surface area contributed by atoms with E-state index in [1.165, 1.54) is 5.01 Å². The molecule has 27 heavy (non-hydrogen) atoms. The summed E-state index contributed by atoms with van der Waals surface area (Å²) in [7, 11) is 0. The summed E-state index contributed by atoms with van der Waals surface area (Å²) in [5, 5.41) is 9.48. The first-order chi connectivity index (χ1) is 13.1. The Bertz CT molecular complexity index is 990. The number of amides is 2. The summed E-state index contributed by atoms with van der Waals surface area (Å²) < 4.78 is 5.81. The van der Waals surface area contributed by atoms with Crippen LogP contribution in [0.25, 0.3) is 11.0 Å². The number of nitrogens with zero attached hydrogens (tertiary/aromatic N) is 2. The minimum Gasteiger partial charge on any atom is -0.459 e. The summed E-state index contributed by atoms with van der Waals surface area (Å²) in [5.74, 6) is 0.261. The maximum absolute atomic E-state index is 12.7. The lowest BCUT2D eigenvalue weighted by Crippen LogP contribution is -2.39. The van der Waals surface area contributed by atoms with E-state index in [0.29, 0.717) is 23.6 Å². The smallest absolute Gasteiger partial charge is 0.268 e. The Balaban J connectivity index is 1.52. The highest BCUT2D eigenvalue weighted by molar-refractivity contribution is 6.40. The molecule has 0 bridgehead atoms. The van der Waals surface area contributed by atoms with Crippen molar-refractivity contribution < 1.29 is 14.0 Å². The third-order valence-corrected chi connectivity index (χ3v) is 4.51. The summed E-state index contributed by atoms with van der Waals surface area (Å²) in [5.41, 5.74) is 1.77. The van der Waals surface area contributed by atoms with Crippen LogP contribution in [0.1, 0.15) is 31.6 Å². The van der Waals surface area contributed by atoms with Gasteiger partial charge in [0.1, 0.15) is 17.1 Å². The van der Waals surface area contributed by atoms with Crippen LogP contribution in [-0.4, -0.2) is 17.5 Å². The highest BCUT2D eigenvalue weighted by Gasteiger charge is 2.26. The van der Waals surface area contributed by atoms with Gasteiger partial charge in [-0.3, -0.25) is 9.59 Å². The van der Waals surface area contributed by atoms with Gasteiger partial charge in [-0.25, -0.2) is 5.01 Å². The summed E-state index contributed by atoms with van der Waals surface area (Å²) in [4.78, 5) is 24.8. The lowest BCUT2D eigenvalue weighted by molar-refractivity contribution is -0.119. The number of carbonyl (C=O) groups excluding carboxylic acids is 2. The number of hydrazone groups is 1. The van der Waals surface area contributed by atoms with Crippen LogP contribution in [0.5, 0.6) is 0 Å². The van der Waals surface area contributed by atoms with Gasteiger partial charge in [0, 0.05) is 18.2 Å². The number of furan rings is 1. The van der Waals surface area contributed by atoms with Gasteiger partial charge < -0.3 is 9.73 Å². The van der Waals surface area contributed by atoms with Crippen molar-refractivity contribution in [1.29, 1.82) is 0 Å². The standard InChI is InChI=1S/C21H19N3O3/c1-14(19-13-15-7-5-6-10-18(15)27-19)22-21(26)17-11-12-20(25)24(23-17)16-8-3-2-4-9-16/h2-10,13-14H,11-12H2,1H3,(H,22,26). The molecule has 0 saturated carbocycles. The molecule has 0 fully saturated rings. The largest absolute Gasteiger partial charge is 0.459 e. The van der Waals surface area contributed by atoms with Gasteiger partial charge in [0.15, 0.2) is 0 Å². The van der Waals surface area contributed by atoms with Crippen LogP contribution in [0, 0.1) is 0 Å². The van der Waals surface area contributed by atoms with Gasteiger partial charge in [0.2, 0.25) is 5.91 Å². The van der Waals surface area contributed by atoms with Gasteiger partial charge >= 0.3 is 0 Å². The van der Waals surface area contributed by atoms with E-state index in [0.717, 1.165) is 11.0 Å². The van der Waals surface area contributed by atoms with E-state index >= 15 is 0 Å². The van der Waals surface area contributed by atoms with Crippen molar-refractivity contribution in [2.75, 3.05) is 5.01 Å². The molecule has 4 rings (SSSR count). The molecular weight excluding hydrogens is 342 g/mol. The lowest BCUT2D eigenvalue weighted by Gasteiger charge is -2.23. The molecule has 2 aromatic carbocycles. The Labute approximate surface area is 156 Å². The van der Waals surface area contributed by atoms with Gasteiger partial charge in [-0.05, 0) is 31.2 Å². The molecule has 1 aromatic heterocycles. The van der Waals surface area contributed by atoms with E-state index in [4.69, 9.17) is 4.42 Å². The van der Waals surface area contributed by atoms with E-state index in [-0.39, 0.29) is 24.3 Å². The molecule has 1 atom stereocenters. The summed E-state index contributed by atoms with van der Waals surface area (Å²) in [6.45, 7) is 1.86. The zero-order chi connectivity index (χ0) is 18.8. The zero-order valence-electron chi connectivity index (χ0n) is 14.9. The third kappa shape index (κ3) is 3.46. The summed E-state index contributed by atoms with van der Waals surface area (Å²) in [6.07, 6.45) is 0.570. The lowest BCUT2D eigenvalue weighted by atomic mass is 10.1. The first-order valence-electron chi connectivity index (χ1n) is 8.86. The number of hydrogen-bond donors (Lipinski definition) is 1. The molecule has 1 N–H and O–H groups in total. The number of hydrogen-bond acceptors (Lipinski definition) is 4. The average Bonchev–Trinajstić information content (AvgIpc) is 3.13. The molecule has 136 valence electrons. The minimum atomic E-state index is -0.310. The monoisotopic (exact) mass is 361 g/mol. The zero-order valence-corrected chi connectivity index (χ0v) is 14.9. The van der Waals surface area contributed by atoms with Crippen molar-refractivity contribution in [3.8, 4) is 0 Å². The van der Waals surface area contributed by atoms with Crippen molar-refractivity contribution in [2.24, 2.45) is 5.10 Å². The third-order valence-electron chi connectivity index (χ3n) is 4.51. The molecule has 3 aromatic rings. The van der Waals surface area contributed by atoms with Crippen molar-refractivity contribution in [1.82, 2.24) is 5.32 Å². The van der Waals surface area contributed by atoms with Crippen LogP contribution in [0.15, 0.2) is 70.2 Å². The first kappa shape index (κ1) is 17.0. The van der Waals surface area contributed by atoms with Crippen molar-refractivity contribution >= 4 is 34.2 Å². The van der Waals surface area contributed by atoms with Gasteiger partial charge in [-0.2, -0.15) is 5.10 Å². The fourth-order valence-electron chi connectivity index (χ4n) is 3.05. The highest BCUT2D eigenvalue weighted by atomic mass is 16.3. The Morgan fingerprint density at radius 1 is 1.11 bits per heavy atom. The Morgan fingerprint density at radius 2 is 1.85 bits per heavy atom. The molecule has 0 spiro atoms. The Kier molecular flexibility index (Phi) is 4.46. The second kappa shape index (κ2) is 7.07. The van der Waals surface area contributed by atoms with E-state index < -0.39 is 0 Å². The highest BCUT2D eigenvalue weighted by Crippen LogP contribution is 2.24. The van der Waals surface area contributed by atoms with Gasteiger partial charge in [-0.1, -0.05) is 36.4 Å². The van der Waals surface area contributed by atoms with E-state index in [9.17, 15) is 9.59 Å². The van der Waals surface area contributed by atoms with Crippen LogP contribution in [0.4, 0.5) is 5.69 Å². The minimum absolute atomic E-state index is 0.122. The van der Waals surface area contributed by atoms with Gasteiger partial charge in [0.05, 0.1) is 11.7 Å². The van der Waals surface area contributed by atoms with Crippen molar-refractivity contribution in [2.45, 2.75) is 25.8 Å². The SMILES string of the molecule is CC(NC(=O)C1=NN(c2ccccc2)C(=O)CC1)c1cc2ccccc2o1. The molecule has 1 aliphatic heterocycles. The van der Waals surface area contributed by atoms with Crippen LogP contribution in [0.3, 0.4) is 0 Å². The normalized spacial score (nSPS) is 15.5. The van der Waals surface area contributed by atoms with Gasteiger partial charge in [-0.15, -0.1) is 0 Å². The van der Waals surface area contributed by atoms with Crippen LogP contribution in [-0.2, 0) is 9.59 Å². The molecule has 1 aliphatic rings. The Morgan fingerprint density at radius 3 is 2.63 bits per heavy atom. The number of benzene rings is 2. The maximum atomic E-state index is 12.7. The maximum Gasteiger partial charge on any atom is 0.268 e. The molecule has 6 heteroatoms. The molecule has 2 heterocycles. The molecule has 1 unspecified atom stereocenters. The van der Waals surface area contributed by atoms with E-state index in [1.807, 2.05) is 55.5 Å². The van der Waals surface area contributed by atoms with E-state index in [1.54, 1.807) is 12.1 Å². The Hall–Kier alpha value is -3.41. The van der Waals surface area contributed by atoms with Gasteiger partial charge in [0.25, 0.3) is 5.91 Å². The predicted octanol–water partition coefficient (Wildman–Crippen LogP) is 3.79. The average molecular weight is 361 g/mol.